The first-order chi connectivity index (χ1) is 10.1. The van der Waals surface area contributed by atoms with Crippen LogP contribution in [0, 0.1) is 6.92 Å². The minimum Gasteiger partial charge on any atom is -0.376 e. The van der Waals surface area contributed by atoms with E-state index in [-0.39, 0.29) is 6.04 Å². The lowest BCUT2D eigenvalue weighted by molar-refractivity contribution is -0.00549. The van der Waals surface area contributed by atoms with Crippen molar-refractivity contribution in [2.24, 2.45) is 5.73 Å². The Morgan fingerprint density at radius 2 is 2.29 bits per heavy atom. The molecule has 2 aromatic rings. The third-order valence-corrected chi connectivity index (χ3v) is 3.99. The van der Waals surface area contributed by atoms with E-state index in [9.17, 15) is 0 Å². The maximum atomic E-state index is 6.04. The fourth-order valence-electron chi connectivity index (χ4n) is 2.21. The molecule has 3 rings (SSSR count). The summed E-state index contributed by atoms with van der Waals surface area (Å²) in [5, 5.41) is 4.64. The maximum Gasteiger partial charge on any atom is 0.258 e. The van der Waals surface area contributed by atoms with E-state index in [1.165, 1.54) is 6.42 Å². The van der Waals surface area contributed by atoms with Crippen molar-refractivity contribution in [1.82, 2.24) is 10.1 Å². The number of hydrogen-bond acceptors (Lipinski definition) is 5. The quantitative estimate of drug-likeness (QED) is 0.917. The molecule has 0 bridgehead atoms. The van der Waals surface area contributed by atoms with Gasteiger partial charge in [0.1, 0.15) is 0 Å². The molecule has 1 aliphatic carbocycles. The Morgan fingerprint density at radius 1 is 1.48 bits per heavy atom. The minimum atomic E-state index is -0.365. The van der Waals surface area contributed by atoms with Crippen LogP contribution in [0.3, 0.4) is 0 Å². The number of rotatable bonds is 5. The largest absolute Gasteiger partial charge is 0.376 e. The van der Waals surface area contributed by atoms with Crippen LogP contribution in [0.4, 0.5) is 0 Å². The Hall–Kier alpha value is -1.43. The first kappa shape index (κ1) is 14.5. The summed E-state index contributed by atoms with van der Waals surface area (Å²) in [4.78, 5) is 4.37. The molecule has 5 nitrogen and oxygen atoms in total. The van der Waals surface area contributed by atoms with Crippen LogP contribution >= 0.6 is 11.6 Å². The van der Waals surface area contributed by atoms with Crippen LogP contribution in [0.2, 0.25) is 5.02 Å². The smallest absolute Gasteiger partial charge is 0.258 e. The first-order valence-corrected chi connectivity index (χ1v) is 7.48. The Bertz CT molecular complexity index is 625. The molecule has 1 atom stereocenters. The molecule has 1 fully saturated rings. The third kappa shape index (κ3) is 3.26. The molecule has 1 unspecified atom stereocenters. The van der Waals surface area contributed by atoms with Gasteiger partial charge in [0.25, 0.3) is 5.89 Å². The van der Waals surface area contributed by atoms with E-state index in [1.54, 1.807) is 6.07 Å². The van der Waals surface area contributed by atoms with Gasteiger partial charge in [0.05, 0.1) is 18.8 Å². The van der Waals surface area contributed by atoms with Gasteiger partial charge in [0.15, 0.2) is 5.82 Å². The monoisotopic (exact) mass is 307 g/mol. The molecule has 0 radical (unpaired) electrons. The summed E-state index contributed by atoms with van der Waals surface area (Å²) < 4.78 is 11.0. The van der Waals surface area contributed by atoms with Crippen LogP contribution in [-0.4, -0.2) is 22.9 Å². The standard InChI is InChI=1S/C15H18ClN3O2/c1-9-7-10(16)5-6-12(9)15-18-14(19-21-15)13(17)8-20-11-3-2-4-11/h5-7,11,13H,2-4,8,17H2,1H3. The summed E-state index contributed by atoms with van der Waals surface area (Å²) >= 11 is 5.95. The van der Waals surface area contributed by atoms with E-state index in [2.05, 4.69) is 10.1 Å². The fraction of sp³-hybridized carbons (Fsp3) is 0.467. The molecule has 1 saturated carbocycles. The normalized spacial score (nSPS) is 16.7. The highest BCUT2D eigenvalue weighted by Crippen LogP contribution is 2.26. The van der Waals surface area contributed by atoms with Crippen LogP contribution in [0.1, 0.15) is 36.7 Å². The zero-order valence-electron chi connectivity index (χ0n) is 11.9. The predicted molar refractivity (Wildman–Crippen MR) is 80.0 cm³/mol. The van der Waals surface area contributed by atoms with Crippen LogP contribution in [0.25, 0.3) is 11.5 Å². The summed E-state index contributed by atoms with van der Waals surface area (Å²) in [6.45, 7) is 2.37. The van der Waals surface area contributed by atoms with E-state index in [0.717, 1.165) is 24.0 Å². The molecular formula is C15H18ClN3O2. The maximum absolute atomic E-state index is 6.04. The van der Waals surface area contributed by atoms with Crippen LogP contribution < -0.4 is 5.73 Å². The summed E-state index contributed by atoms with van der Waals surface area (Å²) in [6, 6.07) is 5.16. The van der Waals surface area contributed by atoms with Crippen molar-refractivity contribution in [3.8, 4) is 11.5 Å². The fourth-order valence-corrected chi connectivity index (χ4v) is 2.44. The van der Waals surface area contributed by atoms with Gasteiger partial charge in [0.2, 0.25) is 0 Å². The molecule has 112 valence electrons. The molecule has 1 aromatic heterocycles. The van der Waals surface area contributed by atoms with Crippen molar-refractivity contribution in [3.63, 3.8) is 0 Å². The highest BCUT2D eigenvalue weighted by Gasteiger charge is 2.21. The Labute approximate surface area is 128 Å². The second kappa shape index (κ2) is 6.13. The first-order valence-electron chi connectivity index (χ1n) is 7.11. The van der Waals surface area contributed by atoms with Crippen molar-refractivity contribution in [1.29, 1.82) is 0 Å². The van der Waals surface area contributed by atoms with Gasteiger partial charge in [-0.2, -0.15) is 4.98 Å². The number of hydrogen-bond donors (Lipinski definition) is 1. The van der Waals surface area contributed by atoms with Gasteiger partial charge in [-0.05, 0) is 49.9 Å². The zero-order chi connectivity index (χ0) is 14.8. The number of halogens is 1. The minimum absolute atomic E-state index is 0.348. The average Bonchev–Trinajstić information content (AvgIpc) is 2.86. The lowest BCUT2D eigenvalue weighted by Gasteiger charge is -2.26. The van der Waals surface area contributed by atoms with Gasteiger partial charge in [-0.25, -0.2) is 0 Å². The molecule has 0 saturated heterocycles. The number of ether oxygens (including phenoxy) is 1. The summed E-state index contributed by atoms with van der Waals surface area (Å²) in [7, 11) is 0. The molecule has 21 heavy (non-hydrogen) atoms. The SMILES string of the molecule is Cc1cc(Cl)ccc1-c1nc(C(N)COC2CCC2)no1. The zero-order valence-corrected chi connectivity index (χ0v) is 12.6. The summed E-state index contributed by atoms with van der Waals surface area (Å²) in [6.07, 6.45) is 3.82. The van der Waals surface area contributed by atoms with Crippen LogP contribution in [-0.2, 0) is 4.74 Å². The molecule has 2 N–H and O–H groups in total. The highest BCUT2D eigenvalue weighted by molar-refractivity contribution is 6.30. The van der Waals surface area contributed by atoms with Gasteiger partial charge >= 0.3 is 0 Å². The van der Waals surface area contributed by atoms with E-state index >= 15 is 0 Å². The van der Waals surface area contributed by atoms with Crippen molar-refractivity contribution in [2.75, 3.05) is 6.61 Å². The van der Waals surface area contributed by atoms with Gasteiger partial charge in [-0.3, -0.25) is 0 Å². The van der Waals surface area contributed by atoms with E-state index < -0.39 is 0 Å². The van der Waals surface area contributed by atoms with E-state index in [4.69, 9.17) is 26.6 Å². The van der Waals surface area contributed by atoms with Crippen LogP contribution in [0.15, 0.2) is 22.7 Å². The Morgan fingerprint density at radius 3 is 2.95 bits per heavy atom. The molecule has 1 heterocycles. The van der Waals surface area contributed by atoms with E-state index in [0.29, 0.717) is 29.4 Å². The number of benzene rings is 1. The average molecular weight is 308 g/mol. The van der Waals surface area contributed by atoms with E-state index in [1.807, 2.05) is 19.1 Å². The number of aryl methyl sites for hydroxylation is 1. The van der Waals surface area contributed by atoms with Gasteiger partial charge in [-0.1, -0.05) is 16.8 Å². The lowest BCUT2D eigenvalue weighted by Crippen LogP contribution is -2.27. The van der Waals surface area contributed by atoms with Gasteiger partial charge < -0.3 is 15.0 Å². The van der Waals surface area contributed by atoms with Crippen molar-refractivity contribution < 1.29 is 9.26 Å². The predicted octanol–water partition coefficient (Wildman–Crippen LogP) is 3.27. The number of aromatic nitrogens is 2. The molecule has 0 aliphatic heterocycles. The number of nitrogens with zero attached hydrogens (tertiary/aromatic N) is 2. The molecule has 6 heteroatoms. The van der Waals surface area contributed by atoms with Crippen LogP contribution in [0.5, 0.6) is 0 Å². The molecule has 0 spiro atoms. The second-order valence-electron chi connectivity index (χ2n) is 5.41. The molecule has 1 aliphatic rings. The highest BCUT2D eigenvalue weighted by atomic mass is 35.5. The number of nitrogens with two attached hydrogens (primary N) is 1. The van der Waals surface area contributed by atoms with Crippen molar-refractivity contribution in [2.45, 2.75) is 38.3 Å². The third-order valence-electron chi connectivity index (χ3n) is 3.76. The van der Waals surface area contributed by atoms with Gasteiger partial charge in [0, 0.05) is 10.6 Å². The Kier molecular flexibility index (Phi) is 4.24. The van der Waals surface area contributed by atoms with Crippen molar-refractivity contribution >= 4 is 11.6 Å². The molecule has 0 amide bonds. The van der Waals surface area contributed by atoms with Gasteiger partial charge in [-0.15, -0.1) is 0 Å². The lowest BCUT2D eigenvalue weighted by atomic mass is 9.96. The van der Waals surface area contributed by atoms with Crippen molar-refractivity contribution in [3.05, 3.63) is 34.6 Å². The second-order valence-corrected chi connectivity index (χ2v) is 5.85. The Balaban J connectivity index is 1.69. The topological polar surface area (TPSA) is 74.2 Å². The molecule has 1 aromatic carbocycles. The summed E-state index contributed by atoms with van der Waals surface area (Å²) in [5.74, 6) is 0.928. The molecular weight excluding hydrogens is 290 g/mol. The summed E-state index contributed by atoms with van der Waals surface area (Å²) in [5.41, 5.74) is 7.89.